The minimum absolute atomic E-state index is 0.0287. The molecule has 1 aromatic carbocycles. The smallest absolute Gasteiger partial charge is 0.240 e. The summed E-state index contributed by atoms with van der Waals surface area (Å²) in [4.78, 5) is 4.11. The highest BCUT2D eigenvalue weighted by molar-refractivity contribution is 7.89. The first kappa shape index (κ1) is 16.0. The van der Waals surface area contributed by atoms with Gasteiger partial charge in [-0.05, 0) is 24.6 Å². The number of halogens is 1. The van der Waals surface area contributed by atoms with Gasteiger partial charge in [-0.3, -0.25) is 0 Å². The Labute approximate surface area is 127 Å². The van der Waals surface area contributed by atoms with Crippen molar-refractivity contribution in [3.05, 3.63) is 45.7 Å². The fourth-order valence-corrected chi connectivity index (χ4v) is 3.65. The van der Waals surface area contributed by atoms with Crippen molar-refractivity contribution in [2.24, 2.45) is 5.73 Å². The van der Waals surface area contributed by atoms with Crippen LogP contribution in [-0.4, -0.2) is 19.9 Å². The molecule has 0 atom stereocenters. The molecule has 114 valence electrons. The van der Waals surface area contributed by atoms with Gasteiger partial charge in [0.1, 0.15) is 5.82 Å². The summed E-state index contributed by atoms with van der Waals surface area (Å²) in [5, 5.41) is 2.69. The van der Waals surface area contributed by atoms with Crippen LogP contribution in [-0.2, 0) is 23.0 Å². The number of benzene rings is 1. The molecule has 3 N–H and O–H groups in total. The molecule has 0 amide bonds. The molecule has 0 saturated carbocycles. The fourth-order valence-electron chi connectivity index (χ4n) is 1.86. The van der Waals surface area contributed by atoms with Crippen LogP contribution in [0.3, 0.4) is 0 Å². The first-order valence-corrected chi connectivity index (χ1v) is 8.67. The van der Waals surface area contributed by atoms with E-state index < -0.39 is 15.8 Å². The second-order valence-corrected chi connectivity index (χ2v) is 7.24. The molecule has 0 aliphatic carbocycles. The standard InChI is InChI=1S/C13H16FN3O2S2/c1-9-6-11(7-10(8-15)13(9)14)21(18,19)17-3-2-12-16-4-5-20-12/h4-7,17H,2-3,8,15H2,1H3. The van der Waals surface area contributed by atoms with E-state index in [-0.39, 0.29) is 29.1 Å². The van der Waals surface area contributed by atoms with Gasteiger partial charge in [-0.25, -0.2) is 22.5 Å². The molecule has 0 fully saturated rings. The van der Waals surface area contributed by atoms with E-state index in [0.29, 0.717) is 6.42 Å². The van der Waals surface area contributed by atoms with Crippen molar-refractivity contribution in [1.82, 2.24) is 9.71 Å². The molecule has 0 aliphatic heterocycles. The van der Waals surface area contributed by atoms with Gasteiger partial charge in [0, 0.05) is 36.7 Å². The Morgan fingerprint density at radius 1 is 1.43 bits per heavy atom. The van der Waals surface area contributed by atoms with E-state index >= 15 is 0 Å². The molecule has 5 nitrogen and oxygen atoms in total. The number of nitrogens with one attached hydrogen (secondary N) is 1. The second kappa shape index (κ2) is 6.61. The van der Waals surface area contributed by atoms with Gasteiger partial charge in [0.25, 0.3) is 0 Å². The number of thiazole rings is 1. The molecule has 0 radical (unpaired) electrons. The van der Waals surface area contributed by atoms with Gasteiger partial charge in [-0.15, -0.1) is 11.3 Å². The third-order valence-corrected chi connectivity index (χ3v) is 5.23. The molecule has 0 spiro atoms. The van der Waals surface area contributed by atoms with Gasteiger partial charge >= 0.3 is 0 Å². The fraction of sp³-hybridized carbons (Fsp3) is 0.308. The molecule has 2 aromatic rings. The van der Waals surface area contributed by atoms with E-state index in [0.717, 1.165) is 5.01 Å². The summed E-state index contributed by atoms with van der Waals surface area (Å²) in [5.74, 6) is -0.459. The van der Waals surface area contributed by atoms with Gasteiger partial charge in [0.2, 0.25) is 10.0 Å². The summed E-state index contributed by atoms with van der Waals surface area (Å²) in [6.45, 7) is 1.71. The van der Waals surface area contributed by atoms with E-state index in [2.05, 4.69) is 9.71 Å². The van der Waals surface area contributed by atoms with Gasteiger partial charge in [0.05, 0.1) is 9.90 Å². The SMILES string of the molecule is Cc1cc(S(=O)(=O)NCCc2nccs2)cc(CN)c1F. The number of nitrogens with zero attached hydrogens (tertiary/aromatic N) is 1. The predicted octanol–water partition coefficient (Wildman–Crippen LogP) is 1.57. The molecule has 2 rings (SSSR count). The number of aromatic nitrogens is 1. The Hall–Kier alpha value is -1.35. The largest absolute Gasteiger partial charge is 0.326 e. The summed E-state index contributed by atoms with van der Waals surface area (Å²) in [7, 11) is -3.68. The maximum Gasteiger partial charge on any atom is 0.240 e. The summed E-state index contributed by atoms with van der Waals surface area (Å²) in [6.07, 6.45) is 2.19. The molecule has 1 heterocycles. The maximum atomic E-state index is 13.7. The van der Waals surface area contributed by atoms with E-state index in [9.17, 15) is 12.8 Å². The Morgan fingerprint density at radius 2 is 2.19 bits per heavy atom. The molecule has 0 saturated heterocycles. The highest BCUT2D eigenvalue weighted by Crippen LogP contribution is 2.19. The molecular weight excluding hydrogens is 313 g/mol. The number of rotatable bonds is 6. The lowest BCUT2D eigenvalue weighted by atomic mass is 10.1. The van der Waals surface area contributed by atoms with Crippen LogP contribution in [0, 0.1) is 12.7 Å². The minimum Gasteiger partial charge on any atom is -0.326 e. The summed E-state index contributed by atoms with van der Waals surface area (Å²) >= 11 is 1.47. The first-order chi connectivity index (χ1) is 9.94. The van der Waals surface area contributed by atoms with Crippen molar-refractivity contribution in [3.63, 3.8) is 0 Å². The van der Waals surface area contributed by atoms with Crippen LogP contribution in [0.5, 0.6) is 0 Å². The van der Waals surface area contributed by atoms with Crippen LogP contribution in [0.1, 0.15) is 16.1 Å². The summed E-state index contributed by atoms with van der Waals surface area (Å²) in [6, 6.07) is 2.58. The quantitative estimate of drug-likeness (QED) is 0.842. The second-order valence-electron chi connectivity index (χ2n) is 4.49. The van der Waals surface area contributed by atoms with Crippen molar-refractivity contribution in [3.8, 4) is 0 Å². The molecule has 0 bridgehead atoms. The average Bonchev–Trinajstić information content (AvgIpc) is 2.94. The highest BCUT2D eigenvalue weighted by atomic mass is 32.2. The van der Waals surface area contributed by atoms with Gasteiger partial charge < -0.3 is 5.73 Å². The van der Waals surface area contributed by atoms with Crippen molar-refractivity contribution < 1.29 is 12.8 Å². The molecule has 0 unspecified atom stereocenters. The van der Waals surface area contributed by atoms with E-state index in [1.54, 1.807) is 6.20 Å². The van der Waals surface area contributed by atoms with Crippen LogP contribution in [0.25, 0.3) is 0 Å². The Morgan fingerprint density at radius 3 is 2.81 bits per heavy atom. The Bertz CT molecular complexity index is 715. The average molecular weight is 329 g/mol. The zero-order valence-corrected chi connectivity index (χ0v) is 13.1. The molecular formula is C13H16FN3O2S2. The van der Waals surface area contributed by atoms with E-state index in [1.165, 1.54) is 30.4 Å². The van der Waals surface area contributed by atoms with Crippen LogP contribution in [0.4, 0.5) is 4.39 Å². The third kappa shape index (κ3) is 3.85. The first-order valence-electron chi connectivity index (χ1n) is 6.31. The van der Waals surface area contributed by atoms with Crippen LogP contribution >= 0.6 is 11.3 Å². The van der Waals surface area contributed by atoms with Crippen molar-refractivity contribution in [2.45, 2.75) is 24.8 Å². The summed E-state index contributed by atoms with van der Waals surface area (Å²) < 4.78 is 40.6. The summed E-state index contributed by atoms with van der Waals surface area (Å²) in [5.41, 5.74) is 5.89. The van der Waals surface area contributed by atoms with Crippen molar-refractivity contribution >= 4 is 21.4 Å². The number of nitrogens with two attached hydrogens (primary N) is 1. The number of aryl methyl sites for hydroxylation is 1. The third-order valence-electron chi connectivity index (χ3n) is 2.95. The number of hydrogen-bond acceptors (Lipinski definition) is 5. The topological polar surface area (TPSA) is 85.1 Å². The van der Waals surface area contributed by atoms with Gasteiger partial charge in [-0.2, -0.15) is 0 Å². The zero-order chi connectivity index (χ0) is 15.5. The van der Waals surface area contributed by atoms with E-state index in [4.69, 9.17) is 5.73 Å². The van der Waals surface area contributed by atoms with Crippen molar-refractivity contribution in [1.29, 1.82) is 0 Å². The van der Waals surface area contributed by atoms with E-state index in [1.807, 2.05) is 5.38 Å². The monoisotopic (exact) mass is 329 g/mol. The molecule has 21 heavy (non-hydrogen) atoms. The molecule has 8 heteroatoms. The maximum absolute atomic E-state index is 13.7. The normalized spacial score (nSPS) is 11.8. The van der Waals surface area contributed by atoms with Crippen LogP contribution in [0.2, 0.25) is 0 Å². The van der Waals surface area contributed by atoms with Crippen LogP contribution in [0.15, 0.2) is 28.6 Å². The highest BCUT2D eigenvalue weighted by Gasteiger charge is 2.17. The Balaban J connectivity index is 2.13. The van der Waals surface area contributed by atoms with Gasteiger partial charge in [-0.1, -0.05) is 0 Å². The van der Waals surface area contributed by atoms with Gasteiger partial charge in [0.15, 0.2) is 0 Å². The number of hydrogen-bond donors (Lipinski definition) is 2. The number of sulfonamides is 1. The Kier molecular flexibility index (Phi) is 5.04. The molecule has 0 aliphatic rings. The van der Waals surface area contributed by atoms with Crippen molar-refractivity contribution in [2.75, 3.05) is 6.54 Å². The lowest BCUT2D eigenvalue weighted by molar-refractivity contribution is 0.577. The molecule has 1 aromatic heterocycles. The lowest BCUT2D eigenvalue weighted by Crippen LogP contribution is -2.26. The van der Waals surface area contributed by atoms with Crippen LogP contribution < -0.4 is 10.5 Å². The minimum atomic E-state index is -3.68. The predicted molar refractivity (Wildman–Crippen MR) is 80.0 cm³/mol. The zero-order valence-electron chi connectivity index (χ0n) is 11.5. The lowest BCUT2D eigenvalue weighted by Gasteiger charge is -2.10.